The van der Waals surface area contributed by atoms with E-state index in [0.29, 0.717) is 13.2 Å². The second-order valence-electron chi connectivity index (χ2n) is 6.86. The topological polar surface area (TPSA) is 79.4 Å². The van der Waals surface area contributed by atoms with Crippen molar-refractivity contribution in [1.82, 2.24) is 9.78 Å². The van der Waals surface area contributed by atoms with Crippen LogP contribution < -0.4 is 16.0 Å². The van der Waals surface area contributed by atoms with Crippen LogP contribution in [-0.2, 0) is 24.1 Å². The fraction of sp³-hybridized carbons (Fsp3) is 0.474. The number of rotatable bonds is 4. The molecule has 25 heavy (non-hydrogen) atoms. The third-order valence-corrected chi connectivity index (χ3v) is 4.84. The van der Waals surface area contributed by atoms with E-state index in [0.717, 1.165) is 54.9 Å². The second kappa shape index (κ2) is 6.98. The lowest BCUT2D eigenvalue weighted by molar-refractivity contribution is 0.141. The molecule has 0 saturated carbocycles. The van der Waals surface area contributed by atoms with E-state index in [-0.39, 0.29) is 17.7 Å². The number of ether oxygens (including phenoxy) is 2. The van der Waals surface area contributed by atoms with E-state index in [1.807, 2.05) is 24.3 Å². The molecule has 2 unspecified atom stereocenters. The van der Waals surface area contributed by atoms with Gasteiger partial charge in [-0.25, -0.2) is 4.68 Å². The zero-order valence-corrected chi connectivity index (χ0v) is 14.2. The summed E-state index contributed by atoms with van der Waals surface area (Å²) in [5, 5.41) is 4.55. The smallest absolute Gasteiger partial charge is 0.267 e. The Morgan fingerprint density at radius 1 is 1.28 bits per heavy atom. The molecule has 1 aliphatic heterocycles. The van der Waals surface area contributed by atoms with Gasteiger partial charge in [-0.2, -0.15) is 5.10 Å². The van der Waals surface area contributed by atoms with Gasteiger partial charge in [0.05, 0.1) is 25.5 Å². The lowest BCUT2D eigenvalue weighted by Gasteiger charge is -2.21. The van der Waals surface area contributed by atoms with E-state index in [2.05, 4.69) is 5.10 Å². The molecule has 2 N–H and O–H groups in total. The van der Waals surface area contributed by atoms with E-state index >= 15 is 0 Å². The van der Waals surface area contributed by atoms with Gasteiger partial charge in [0.25, 0.3) is 5.56 Å². The maximum atomic E-state index is 12.3. The summed E-state index contributed by atoms with van der Waals surface area (Å²) in [5.74, 6) is 0.832. The highest BCUT2D eigenvalue weighted by Gasteiger charge is 2.19. The lowest BCUT2D eigenvalue weighted by atomic mass is 9.93. The molecule has 132 valence electrons. The first-order valence-corrected chi connectivity index (χ1v) is 8.86. The molecule has 2 atom stereocenters. The van der Waals surface area contributed by atoms with Crippen LogP contribution in [0.2, 0.25) is 0 Å². The first-order valence-electron chi connectivity index (χ1n) is 8.86. The SMILES string of the molecule is NC1CCc2nn(Cc3ccc(OC4CCOC4)cc3)c(=O)cc2C1. The molecular formula is C19H23N3O3. The van der Waals surface area contributed by atoms with Crippen molar-refractivity contribution >= 4 is 0 Å². The second-order valence-corrected chi connectivity index (χ2v) is 6.86. The molecule has 1 saturated heterocycles. The zero-order valence-electron chi connectivity index (χ0n) is 14.2. The average Bonchev–Trinajstić information content (AvgIpc) is 3.10. The average molecular weight is 341 g/mol. The first-order chi connectivity index (χ1) is 12.2. The molecule has 1 aliphatic carbocycles. The maximum absolute atomic E-state index is 12.3. The molecule has 2 aromatic rings. The van der Waals surface area contributed by atoms with Gasteiger partial charge < -0.3 is 15.2 Å². The highest BCUT2D eigenvalue weighted by molar-refractivity contribution is 5.28. The van der Waals surface area contributed by atoms with Crippen LogP contribution in [0.5, 0.6) is 5.75 Å². The molecular weight excluding hydrogens is 318 g/mol. The van der Waals surface area contributed by atoms with Crippen molar-refractivity contribution in [3.8, 4) is 5.75 Å². The summed E-state index contributed by atoms with van der Waals surface area (Å²) in [6.07, 6.45) is 3.58. The van der Waals surface area contributed by atoms with Crippen LogP contribution in [0.15, 0.2) is 35.1 Å². The van der Waals surface area contributed by atoms with Gasteiger partial charge >= 0.3 is 0 Å². The van der Waals surface area contributed by atoms with Crippen LogP contribution in [0.25, 0.3) is 0 Å². The van der Waals surface area contributed by atoms with Crippen molar-refractivity contribution < 1.29 is 9.47 Å². The summed E-state index contributed by atoms with van der Waals surface area (Å²) in [6, 6.07) is 9.68. The summed E-state index contributed by atoms with van der Waals surface area (Å²) in [5.41, 5.74) is 8.93. The Hall–Kier alpha value is -2.18. The van der Waals surface area contributed by atoms with Gasteiger partial charge in [-0.05, 0) is 42.5 Å². The summed E-state index contributed by atoms with van der Waals surface area (Å²) in [4.78, 5) is 12.3. The summed E-state index contributed by atoms with van der Waals surface area (Å²) < 4.78 is 12.7. The third-order valence-electron chi connectivity index (χ3n) is 4.84. The van der Waals surface area contributed by atoms with Crippen LogP contribution >= 0.6 is 0 Å². The van der Waals surface area contributed by atoms with Gasteiger partial charge in [-0.3, -0.25) is 4.79 Å². The van der Waals surface area contributed by atoms with Crippen LogP contribution in [0.1, 0.15) is 29.7 Å². The normalized spacial score (nSPS) is 22.6. The van der Waals surface area contributed by atoms with Gasteiger partial charge in [0.1, 0.15) is 11.9 Å². The van der Waals surface area contributed by atoms with E-state index in [1.165, 1.54) is 4.68 Å². The summed E-state index contributed by atoms with van der Waals surface area (Å²) in [6.45, 7) is 1.88. The number of nitrogens with zero attached hydrogens (tertiary/aromatic N) is 2. The van der Waals surface area contributed by atoms with Gasteiger partial charge in [0.15, 0.2) is 0 Å². The fourth-order valence-electron chi connectivity index (χ4n) is 3.42. The van der Waals surface area contributed by atoms with Crippen molar-refractivity contribution in [2.45, 2.75) is 44.4 Å². The van der Waals surface area contributed by atoms with Crippen LogP contribution in [0.3, 0.4) is 0 Å². The first kappa shape index (κ1) is 16.3. The molecule has 0 radical (unpaired) electrons. The Morgan fingerprint density at radius 2 is 2.12 bits per heavy atom. The Bertz CT molecular complexity index is 795. The molecule has 4 rings (SSSR count). The molecule has 0 amide bonds. The standard InChI is InChI=1S/C19H23N3O3/c20-15-3-6-18-14(9-15)10-19(23)22(21-18)11-13-1-4-16(5-2-13)25-17-7-8-24-12-17/h1-2,4-5,10,15,17H,3,6-9,11-12,20H2. The number of nitrogens with two attached hydrogens (primary N) is 1. The van der Waals surface area contributed by atoms with Crippen LogP contribution in [0.4, 0.5) is 0 Å². The number of benzene rings is 1. The Balaban J connectivity index is 1.47. The minimum Gasteiger partial charge on any atom is -0.488 e. The van der Waals surface area contributed by atoms with Gasteiger partial charge in [0.2, 0.25) is 0 Å². The Kier molecular flexibility index (Phi) is 4.55. The molecule has 1 aromatic heterocycles. The highest BCUT2D eigenvalue weighted by Crippen LogP contribution is 2.19. The van der Waals surface area contributed by atoms with Crippen molar-refractivity contribution in [1.29, 1.82) is 0 Å². The molecule has 0 bridgehead atoms. The lowest BCUT2D eigenvalue weighted by Crippen LogP contribution is -2.33. The molecule has 2 heterocycles. The van der Waals surface area contributed by atoms with Gasteiger partial charge in [-0.15, -0.1) is 0 Å². The third kappa shape index (κ3) is 3.75. The quantitative estimate of drug-likeness (QED) is 0.906. The van der Waals surface area contributed by atoms with Crippen molar-refractivity contribution in [3.63, 3.8) is 0 Å². The van der Waals surface area contributed by atoms with Crippen molar-refractivity contribution in [2.75, 3.05) is 13.2 Å². The van der Waals surface area contributed by atoms with E-state index in [9.17, 15) is 4.79 Å². The van der Waals surface area contributed by atoms with Crippen LogP contribution in [0, 0.1) is 0 Å². The number of hydrogen-bond donors (Lipinski definition) is 1. The molecule has 6 nitrogen and oxygen atoms in total. The summed E-state index contributed by atoms with van der Waals surface area (Å²) in [7, 11) is 0. The van der Waals surface area contributed by atoms with E-state index < -0.39 is 0 Å². The number of aryl methyl sites for hydroxylation is 1. The van der Waals surface area contributed by atoms with Crippen molar-refractivity contribution in [3.05, 3.63) is 57.5 Å². The van der Waals surface area contributed by atoms with Crippen molar-refractivity contribution in [2.24, 2.45) is 5.73 Å². The molecule has 0 spiro atoms. The molecule has 2 aliphatic rings. The number of fused-ring (bicyclic) bond motifs is 1. The van der Waals surface area contributed by atoms with E-state index in [4.69, 9.17) is 15.2 Å². The largest absolute Gasteiger partial charge is 0.488 e. The maximum Gasteiger partial charge on any atom is 0.267 e. The molecule has 1 fully saturated rings. The zero-order chi connectivity index (χ0) is 17.2. The Labute approximate surface area is 146 Å². The predicted octanol–water partition coefficient (Wildman–Crippen LogP) is 1.28. The fourth-order valence-corrected chi connectivity index (χ4v) is 3.42. The van der Waals surface area contributed by atoms with Crippen LogP contribution in [-0.4, -0.2) is 35.1 Å². The van der Waals surface area contributed by atoms with Gasteiger partial charge in [-0.1, -0.05) is 12.1 Å². The minimum absolute atomic E-state index is 0.0729. The predicted molar refractivity (Wildman–Crippen MR) is 93.9 cm³/mol. The molecule has 1 aromatic carbocycles. The molecule has 6 heteroatoms. The minimum atomic E-state index is -0.0729. The number of hydrogen-bond acceptors (Lipinski definition) is 5. The number of aromatic nitrogens is 2. The van der Waals surface area contributed by atoms with Gasteiger partial charge in [0, 0.05) is 18.5 Å². The van der Waals surface area contributed by atoms with E-state index in [1.54, 1.807) is 6.07 Å². The Morgan fingerprint density at radius 3 is 2.88 bits per heavy atom. The monoisotopic (exact) mass is 341 g/mol. The highest BCUT2D eigenvalue weighted by atomic mass is 16.5. The summed E-state index contributed by atoms with van der Waals surface area (Å²) >= 11 is 0.